The average molecular weight is 467 g/mol. The van der Waals surface area contributed by atoms with Gasteiger partial charge in [-0.25, -0.2) is 0 Å². The first-order valence-corrected chi connectivity index (χ1v) is 10.9. The summed E-state index contributed by atoms with van der Waals surface area (Å²) in [5.41, 5.74) is 0.705. The van der Waals surface area contributed by atoms with E-state index >= 15 is 0 Å². The van der Waals surface area contributed by atoms with E-state index in [2.05, 4.69) is 4.90 Å². The number of nitrogens with zero attached hydrogens (tertiary/aromatic N) is 3. The van der Waals surface area contributed by atoms with Crippen molar-refractivity contribution in [2.24, 2.45) is 0 Å². The van der Waals surface area contributed by atoms with Gasteiger partial charge in [0.05, 0.1) is 36.9 Å². The maximum Gasteiger partial charge on any atom is 0.295 e. The largest absolute Gasteiger partial charge is 0.507 e. The predicted octanol–water partition coefficient (Wildman–Crippen LogP) is 2.36. The zero-order valence-electron chi connectivity index (χ0n) is 18.7. The highest BCUT2D eigenvalue weighted by Gasteiger charge is 2.46. The minimum absolute atomic E-state index is 0.0500. The smallest absolute Gasteiger partial charge is 0.295 e. The summed E-state index contributed by atoms with van der Waals surface area (Å²) in [4.78, 5) is 40.3. The number of Topliss-reactive ketones (excluding diaryl/α,β-unsaturated/α-hetero) is 1. The molecule has 0 aromatic heterocycles. The van der Waals surface area contributed by atoms with E-state index in [-0.39, 0.29) is 23.6 Å². The van der Waals surface area contributed by atoms with Crippen molar-refractivity contribution in [2.45, 2.75) is 6.04 Å². The van der Waals surface area contributed by atoms with Crippen LogP contribution in [-0.4, -0.2) is 78.0 Å². The number of hydrogen-bond acceptors (Lipinski definition) is 8. The Balaban J connectivity index is 1.73. The molecule has 1 N–H and O–H groups in total. The summed E-state index contributed by atoms with van der Waals surface area (Å²) in [7, 11) is 1.52. The second-order valence-electron chi connectivity index (χ2n) is 8.02. The molecular weight excluding hydrogens is 442 g/mol. The van der Waals surface area contributed by atoms with Crippen LogP contribution in [0.5, 0.6) is 5.75 Å². The lowest BCUT2D eigenvalue weighted by Gasteiger charge is -2.31. The molecule has 1 amide bonds. The van der Waals surface area contributed by atoms with Gasteiger partial charge in [-0.3, -0.25) is 24.6 Å². The van der Waals surface area contributed by atoms with Crippen LogP contribution in [0.3, 0.4) is 0 Å². The molecule has 0 unspecified atom stereocenters. The van der Waals surface area contributed by atoms with E-state index in [4.69, 9.17) is 9.47 Å². The van der Waals surface area contributed by atoms with Gasteiger partial charge in [-0.2, -0.15) is 0 Å². The van der Waals surface area contributed by atoms with Crippen LogP contribution in [-0.2, 0) is 14.3 Å². The van der Waals surface area contributed by atoms with Crippen molar-refractivity contribution in [3.63, 3.8) is 0 Å². The molecular formula is C24H25N3O7. The fraction of sp³-hybridized carbons (Fsp3) is 0.333. The molecule has 0 bridgehead atoms. The molecule has 2 aromatic rings. The van der Waals surface area contributed by atoms with Crippen molar-refractivity contribution in [1.82, 2.24) is 9.80 Å². The summed E-state index contributed by atoms with van der Waals surface area (Å²) < 4.78 is 10.5. The van der Waals surface area contributed by atoms with E-state index < -0.39 is 22.7 Å². The molecule has 2 aromatic carbocycles. The standard InChI is InChI=1S/C24H25N3O7/c1-33-19-8-4-17(5-9-19)22(28)20-21(16-2-6-18(7-3-16)27(31)32)26(24(30)23(20)29)11-10-25-12-14-34-15-13-25/h2-9,21,28H,10-15H2,1H3/t21-/m1/s1. The number of carbonyl (C=O) groups is 2. The van der Waals surface area contributed by atoms with Crippen molar-refractivity contribution < 1.29 is 29.1 Å². The molecule has 2 aliphatic heterocycles. The van der Waals surface area contributed by atoms with Crippen LogP contribution in [0.25, 0.3) is 5.76 Å². The van der Waals surface area contributed by atoms with Gasteiger partial charge in [0.2, 0.25) is 0 Å². The number of likely N-dealkylation sites (tertiary alicyclic amines) is 1. The number of ketones is 1. The second kappa shape index (κ2) is 10.0. The number of non-ortho nitro benzene ring substituents is 1. The number of carbonyl (C=O) groups excluding carboxylic acids is 2. The number of benzene rings is 2. The minimum Gasteiger partial charge on any atom is -0.507 e. The predicted molar refractivity (Wildman–Crippen MR) is 122 cm³/mol. The van der Waals surface area contributed by atoms with Crippen molar-refractivity contribution >= 4 is 23.1 Å². The van der Waals surface area contributed by atoms with Gasteiger partial charge in [0.1, 0.15) is 11.5 Å². The lowest BCUT2D eigenvalue weighted by Crippen LogP contribution is -2.42. The van der Waals surface area contributed by atoms with Crippen molar-refractivity contribution in [1.29, 1.82) is 0 Å². The first kappa shape index (κ1) is 23.4. The highest BCUT2D eigenvalue weighted by molar-refractivity contribution is 6.46. The molecule has 34 heavy (non-hydrogen) atoms. The molecule has 2 saturated heterocycles. The fourth-order valence-electron chi connectivity index (χ4n) is 4.21. The van der Waals surface area contributed by atoms with Gasteiger partial charge in [-0.05, 0) is 42.0 Å². The molecule has 178 valence electrons. The molecule has 10 heteroatoms. The number of rotatable bonds is 7. The summed E-state index contributed by atoms with van der Waals surface area (Å²) in [6.07, 6.45) is 0. The number of ether oxygens (including phenoxy) is 2. The van der Waals surface area contributed by atoms with Crippen LogP contribution in [0.15, 0.2) is 54.1 Å². The first-order chi connectivity index (χ1) is 16.4. The van der Waals surface area contributed by atoms with Gasteiger partial charge in [-0.15, -0.1) is 0 Å². The third-order valence-corrected chi connectivity index (χ3v) is 6.08. The summed E-state index contributed by atoms with van der Waals surface area (Å²) in [6.45, 7) is 3.42. The molecule has 1 atom stereocenters. The number of methoxy groups -OCH3 is 1. The van der Waals surface area contributed by atoms with Gasteiger partial charge >= 0.3 is 0 Å². The van der Waals surface area contributed by atoms with Crippen LogP contribution in [0.1, 0.15) is 17.2 Å². The molecule has 2 heterocycles. The van der Waals surface area contributed by atoms with Gasteiger partial charge in [0, 0.05) is 43.9 Å². The Labute approximate surface area is 196 Å². The Morgan fingerprint density at radius 2 is 1.74 bits per heavy atom. The molecule has 0 aliphatic carbocycles. The maximum atomic E-state index is 13.1. The minimum atomic E-state index is -0.871. The van der Waals surface area contributed by atoms with Gasteiger partial charge in [0.15, 0.2) is 0 Å². The lowest BCUT2D eigenvalue weighted by atomic mass is 9.95. The normalized spacial score (nSPS) is 20.5. The SMILES string of the molecule is COc1ccc(C(O)=C2C(=O)C(=O)N(CCN3CCOCC3)[C@@H]2c2ccc([N+](=O)[O-])cc2)cc1. The number of aliphatic hydroxyl groups excluding tert-OH is 1. The fourth-order valence-corrected chi connectivity index (χ4v) is 4.21. The highest BCUT2D eigenvalue weighted by Crippen LogP contribution is 2.39. The average Bonchev–Trinajstić information content (AvgIpc) is 3.12. The third kappa shape index (κ3) is 4.63. The van der Waals surface area contributed by atoms with Crippen LogP contribution >= 0.6 is 0 Å². The number of amides is 1. The molecule has 0 spiro atoms. The number of nitro benzene ring substituents is 1. The molecule has 2 fully saturated rings. The molecule has 10 nitrogen and oxygen atoms in total. The summed E-state index contributed by atoms with van der Waals surface area (Å²) >= 11 is 0. The topological polar surface area (TPSA) is 122 Å². The van der Waals surface area contributed by atoms with Crippen molar-refractivity contribution in [2.75, 3.05) is 46.5 Å². The van der Waals surface area contributed by atoms with E-state index in [0.717, 1.165) is 13.1 Å². The Morgan fingerprint density at radius 3 is 2.32 bits per heavy atom. The van der Waals surface area contributed by atoms with Crippen LogP contribution in [0.4, 0.5) is 5.69 Å². The highest BCUT2D eigenvalue weighted by atomic mass is 16.6. The molecule has 0 saturated carbocycles. The van der Waals surface area contributed by atoms with E-state index in [1.807, 2.05) is 0 Å². The number of nitro groups is 1. The molecule has 4 rings (SSSR count). The maximum absolute atomic E-state index is 13.1. The van der Waals surface area contributed by atoms with E-state index in [1.54, 1.807) is 24.3 Å². The molecule has 0 radical (unpaired) electrons. The van der Waals surface area contributed by atoms with E-state index in [9.17, 15) is 24.8 Å². The monoisotopic (exact) mass is 467 g/mol. The van der Waals surface area contributed by atoms with Crippen LogP contribution in [0, 0.1) is 10.1 Å². The van der Waals surface area contributed by atoms with Crippen LogP contribution < -0.4 is 4.74 Å². The van der Waals surface area contributed by atoms with Gasteiger partial charge < -0.3 is 19.5 Å². The van der Waals surface area contributed by atoms with Gasteiger partial charge in [0.25, 0.3) is 17.4 Å². The van der Waals surface area contributed by atoms with Crippen molar-refractivity contribution in [3.8, 4) is 5.75 Å². The Kier molecular flexibility index (Phi) is 6.90. The zero-order chi connectivity index (χ0) is 24.2. The third-order valence-electron chi connectivity index (χ3n) is 6.08. The summed E-state index contributed by atoms with van der Waals surface area (Å²) in [5.74, 6) is -1.24. The number of hydrogen-bond donors (Lipinski definition) is 1. The zero-order valence-corrected chi connectivity index (χ0v) is 18.7. The van der Waals surface area contributed by atoms with E-state index in [0.29, 0.717) is 36.6 Å². The molecule has 2 aliphatic rings. The Hall–Kier alpha value is -3.76. The van der Waals surface area contributed by atoms with Gasteiger partial charge in [-0.1, -0.05) is 0 Å². The Morgan fingerprint density at radius 1 is 1.09 bits per heavy atom. The lowest BCUT2D eigenvalue weighted by molar-refractivity contribution is -0.384. The summed E-state index contributed by atoms with van der Waals surface area (Å²) in [6, 6.07) is 11.3. The first-order valence-electron chi connectivity index (χ1n) is 10.9. The summed E-state index contributed by atoms with van der Waals surface area (Å²) in [5, 5.41) is 22.2. The van der Waals surface area contributed by atoms with E-state index in [1.165, 1.54) is 36.3 Å². The van der Waals surface area contributed by atoms with Crippen molar-refractivity contribution in [3.05, 3.63) is 75.3 Å². The van der Waals surface area contributed by atoms with Crippen LogP contribution in [0.2, 0.25) is 0 Å². The number of morpholine rings is 1. The second-order valence-corrected chi connectivity index (χ2v) is 8.02. The Bertz CT molecular complexity index is 1110. The number of aliphatic hydroxyl groups is 1. The quantitative estimate of drug-likeness (QED) is 0.217.